The molecule has 0 atom stereocenters. The molecule has 19 heavy (non-hydrogen) atoms. The number of sulfonamides is 1. The van der Waals surface area contributed by atoms with Gasteiger partial charge in [-0.3, -0.25) is 4.72 Å². The summed E-state index contributed by atoms with van der Waals surface area (Å²) in [4.78, 5) is 3.82. The first-order chi connectivity index (χ1) is 8.88. The molecule has 0 aliphatic carbocycles. The first-order valence-electron chi connectivity index (χ1n) is 5.08. The number of anilines is 2. The maximum absolute atomic E-state index is 12.2. The van der Waals surface area contributed by atoms with E-state index >= 15 is 0 Å². The number of nitrogens with zero attached hydrogens (tertiary/aromatic N) is 1. The van der Waals surface area contributed by atoms with Crippen molar-refractivity contribution >= 4 is 55.7 Å². The van der Waals surface area contributed by atoms with E-state index < -0.39 is 10.0 Å². The average molecular weight is 410 g/mol. The van der Waals surface area contributed by atoms with E-state index in [4.69, 9.17) is 17.3 Å². The minimum atomic E-state index is -3.69. The summed E-state index contributed by atoms with van der Waals surface area (Å²) in [7, 11) is -3.69. The highest BCUT2D eigenvalue weighted by Gasteiger charge is 2.16. The summed E-state index contributed by atoms with van der Waals surface area (Å²) in [6, 6.07) is 7.56. The highest BCUT2D eigenvalue weighted by molar-refractivity contribution is 14.1. The molecule has 0 unspecified atom stereocenters. The summed E-state index contributed by atoms with van der Waals surface area (Å²) in [5.41, 5.74) is 5.93. The molecule has 0 aliphatic rings. The number of hydrogen-bond acceptors (Lipinski definition) is 4. The number of pyridine rings is 1. The fourth-order valence-electron chi connectivity index (χ4n) is 1.37. The van der Waals surface area contributed by atoms with E-state index in [1.54, 1.807) is 18.2 Å². The Labute approximate surface area is 129 Å². The Morgan fingerprint density at radius 3 is 2.63 bits per heavy atom. The number of rotatable bonds is 3. The number of nitrogens with two attached hydrogens (primary N) is 1. The number of hydrogen-bond donors (Lipinski definition) is 2. The average Bonchev–Trinajstić information content (AvgIpc) is 2.33. The summed E-state index contributed by atoms with van der Waals surface area (Å²) in [6.45, 7) is 0. The first kappa shape index (κ1) is 14.4. The predicted octanol–water partition coefficient (Wildman–Crippen LogP) is 2.72. The second-order valence-corrected chi connectivity index (χ2v) is 6.93. The number of halogens is 2. The van der Waals surface area contributed by atoms with Gasteiger partial charge in [0.2, 0.25) is 0 Å². The third-order valence-corrected chi connectivity index (χ3v) is 4.73. The lowest BCUT2D eigenvalue weighted by Crippen LogP contribution is -2.14. The predicted molar refractivity (Wildman–Crippen MR) is 83.6 cm³/mol. The summed E-state index contributed by atoms with van der Waals surface area (Å²) in [5.74, 6) is 0.147. The monoisotopic (exact) mass is 409 g/mol. The molecule has 0 radical (unpaired) electrons. The van der Waals surface area contributed by atoms with Crippen LogP contribution in [-0.4, -0.2) is 13.4 Å². The van der Waals surface area contributed by atoms with Gasteiger partial charge in [0, 0.05) is 20.9 Å². The Balaban J connectivity index is 2.36. The Bertz CT molecular complexity index is 722. The molecule has 1 aromatic heterocycles. The summed E-state index contributed by atoms with van der Waals surface area (Å²) < 4.78 is 27.5. The largest absolute Gasteiger partial charge is 0.384 e. The van der Waals surface area contributed by atoms with E-state index in [1.807, 2.05) is 22.6 Å². The van der Waals surface area contributed by atoms with E-state index in [0.717, 1.165) is 0 Å². The van der Waals surface area contributed by atoms with Gasteiger partial charge in [-0.1, -0.05) is 11.6 Å². The standard InChI is InChI=1S/C11H9ClIN3O2S/c12-7-1-2-10(9(13)5-7)16-19(17,18)8-3-4-15-11(14)6-8/h1-6,16H,(H2,14,15). The lowest BCUT2D eigenvalue weighted by Gasteiger charge is -2.10. The molecule has 5 nitrogen and oxygen atoms in total. The van der Waals surface area contributed by atoms with E-state index in [0.29, 0.717) is 14.3 Å². The normalized spacial score (nSPS) is 11.3. The second kappa shape index (κ2) is 5.51. The van der Waals surface area contributed by atoms with Gasteiger partial charge in [-0.15, -0.1) is 0 Å². The topological polar surface area (TPSA) is 85.1 Å². The highest BCUT2D eigenvalue weighted by atomic mass is 127. The van der Waals surface area contributed by atoms with Gasteiger partial charge in [0.15, 0.2) is 0 Å². The van der Waals surface area contributed by atoms with Crippen molar-refractivity contribution in [3.63, 3.8) is 0 Å². The summed E-state index contributed by atoms with van der Waals surface area (Å²) in [6.07, 6.45) is 1.34. The molecular weight excluding hydrogens is 401 g/mol. The number of aromatic nitrogens is 1. The van der Waals surface area contributed by atoms with Gasteiger partial charge in [-0.2, -0.15) is 0 Å². The van der Waals surface area contributed by atoms with Crippen LogP contribution >= 0.6 is 34.2 Å². The highest BCUT2D eigenvalue weighted by Crippen LogP contribution is 2.25. The van der Waals surface area contributed by atoms with E-state index in [9.17, 15) is 8.42 Å². The van der Waals surface area contributed by atoms with E-state index in [2.05, 4.69) is 9.71 Å². The molecule has 2 rings (SSSR count). The fourth-order valence-corrected chi connectivity index (χ4v) is 3.66. The van der Waals surface area contributed by atoms with Crippen molar-refractivity contribution < 1.29 is 8.42 Å². The van der Waals surface area contributed by atoms with E-state index in [-0.39, 0.29) is 10.7 Å². The molecule has 3 N–H and O–H groups in total. The Morgan fingerprint density at radius 2 is 2.00 bits per heavy atom. The van der Waals surface area contributed by atoms with Crippen molar-refractivity contribution in [1.82, 2.24) is 4.98 Å². The molecule has 0 bridgehead atoms. The van der Waals surface area contributed by atoms with Crippen LogP contribution in [0.1, 0.15) is 0 Å². The van der Waals surface area contributed by atoms with Crippen LogP contribution in [0.4, 0.5) is 11.5 Å². The lowest BCUT2D eigenvalue weighted by atomic mass is 10.3. The maximum Gasteiger partial charge on any atom is 0.262 e. The van der Waals surface area contributed by atoms with Crippen LogP contribution in [0.15, 0.2) is 41.4 Å². The zero-order valence-electron chi connectivity index (χ0n) is 9.47. The van der Waals surface area contributed by atoms with Crippen molar-refractivity contribution in [3.05, 3.63) is 45.1 Å². The number of nitrogens with one attached hydrogen (secondary N) is 1. The quantitative estimate of drug-likeness (QED) is 0.763. The van der Waals surface area contributed by atoms with Gasteiger partial charge in [0.1, 0.15) is 5.82 Å². The van der Waals surface area contributed by atoms with Crippen molar-refractivity contribution in [2.45, 2.75) is 4.90 Å². The van der Waals surface area contributed by atoms with Crippen LogP contribution in [0.2, 0.25) is 5.02 Å². The maximum atomic E-state index is 12.2. The molecule has 0 saturated carbocycles. The first-order valence-corrected chi connectivity index (χ1v) is 8.02. The van der Waals surface area contributed by atoms with Crippen LogP contribution in [0, 0.1) is 3.57 Å². The fraction of sp³-hybridized carbons (Fsp3) is 0. The van der Waals surface area contributed by atoms with Crippen LogP contribution in [-0.2, 0) is 10.0 Å². The molecule has 1 heterocycles. The van der Waals surface area contributed by atoms with Crippen LogP contribution in [0.5, 0.6) is 0 Å². The molecule has 2 aromatic rings. The summed E-state index contributed by atoms with van der Waals surface area (Å²) >= 11 is 7.82. The Morgan fingerprint density at radius 1 is 1.26 bits per heavy atom. The lowest BCUT2D eigenvalue weighted by molar-refractivity contribution is 0.601. The van der Waals surface area contributed by atoms with Crippen molar-refractivity contribution in [2.75, 3.05) is 10.5 Å². The zero-order valence-corrected chi connectivity index (χ0v) is 13.2. The number of benzene rings is 1. The van der Waals surface area contributed by atoms with Crippen molar-refractivity contribution in [3.8, 4) is 0 Å². The van der Waals surface area contributed by atoms with Gasteiger partial charge >= 0.3 is 0 Å². The minimum Gasteiger partial charge on any atom is -0.384 e. The molecule has 0 fully saturated rings. The van der Waals surface area contributed by atoms with Crippen molar-refractivity contribution in [2.24, 2.45) is 0 Å². The SMILES string of the molecule is Nc1cc(S(=O)(=O)Nc2ccc(Cl)cc2I)ccn1. The molecule has 0 spiro atoms. The van der Waals surface area contributed by atoms with Gasteiger partial charge < -0.3 is 5.73 Å². The smallest absolute Gasteiger partial charge is 0.262 e. The third kappa shape index (κ3) is 3.48. The number of nitrogen functional groups attached to an aromatic ring is 1. The molecule has 8 heteroatoms. The Hall–Kier alpha value is -1.06. The van der Waals surface area contributed by atoms with E-state index in [1.165, 1.54) is 18.3 Å². The zero-order chi connectivity index (χ0) is 14.0. The molecule has 0 amide bonds. The molecular formula is C11H9ClIN3O2S. The molecule has 0 saturated heterocycles. The van der Waals surface area contributed by atoms with Gasteiger partial charge in [0.25, 0.3) is 10.0 Å². The molecule has 1 aromatic carbocycles. The van der Waals surface area contributed by atoms with Crippen LogP contribution < -0.4 is 10.5 Å². The summed E-state index contributed by atoms with van der Waals surface area (Å²) in [5, 5.41) is 0.542. The second-order valence-electron chi connectivity index (χ2n) is 3.65. The van der Waals surface area contributed by atoms with Crippen molar-refractivity contribution in [1.29, 1.82) is 0 Å². The van der Waals surface area contributed by atoms with Gasteiger partial charge in [-0.05, 0) is 46.9 Å². The van der Waals surface area contributed by atoms with Crippen LogP contribution in [0.25, 0.3) is 0 Å². The van der Waals surface area contributed by atoms with Gasteiger partial charge in [-0.25, -0.2) is 13.4 Å². The van der Waals surface area contributed by atoms with Crippen LogP contribution in [0.3, 0.4) is 0 Å². The molecule has 0 aliphatic heterocycles. The van der Waals surface area contributed by atoms with Gasteiger partial charge in [0.05, 0.1) is 10.6 Å². The molecule has 100 valence electrons. The third-order valence-electron chi connectivity index (χ3n) is 2.24. The Kier molecular flexibility index (Phi) is 4.16. The minimum absolute atomic E-state index is 0.0609.